The van der Waals surface area contributed by atoms with Crippen molar-refractivity contribution < 1.29 is 9.53 Å². The summed E-state index contributed by atoms with van der Waals surface area (Å²) in [6, 6.07) is 0. The molecule has 0 saturated carbocycles. The number of hydrogen-bond donors (Lipinski definition) is 3. The second-order valence-electron chi connectivity index (χ2n) is 3.80. The number of ether oxygens (including phenoxy) is 1. The molecule has 0 radical (unpaired) electrons. The van der Waals surface area contributed by atoms with E-state index < -0.39 is 5.91 Å². The molecule has 0 fully saturated rings. The Morgan fingerprint density at radius 2 is 2.17 bits per heavy atom. The number of nitrogens with zero attached hydrogens (tertiary/aromatic N) is 2. The highest BCUT2D eigenvalue weighted by atomic mass is 16.5. The van der Waals surface area contributed by atoms with Gasteiger partial charge in [-0.3, -0.25) is 4.79 Å². The molecule has 1 rings (SSSR count). The fourth-order valence-electron chi connectivity index (χ4n) is 1.33. The van der Waals surface area contributed by atoms with Gasteiger partial charge in [0, 0.05) is 18.5 Å². The van der Waals surface area contributed by atoms with E-state index in [9.17, 15) is 4.79 Å². The van der Waals surface area contributed by atoms with Crippen LogP contribution in [-0.4, -0.2) is 35.6 Å². The monoisotopic (exact) mass is 253 g/mol. The van der Waals surface area contributed by atoms with Crippen molar-refractivity contribution in [3.05, 3.63) is 11.4 Å². The largest absolute Gasteiger partial charge is 0.383 e. The minimum absolute atomic E-state index is 0.0766. The van der Waals surface area contributed by atoms with Gasteiger partial charge in [-0.05, 0) is 6.92 Å². The minimum atomic E-state index is -0.481. The van der Waals surface area contributed by atoms with E-state index in [1.807, 2.05) is 13.8 Å². The molecule has 100 valence electrons. The average Bonchev–Trinajstić information content (AvgIpc) is 2.33. The molecule has 0 aromatic carbocycles. The van der Waals surface area contributed by atoms with Gasteiger partial charge in [-0.1, -0.05) is 6.92 Å². The van der Waals surface area contributed by atoms with Crippen molar-refractivity contribution in [2.24, 2.45) is 5.73 Å². The number of aryl methyl sites for hydroxylation is 1. The molecule has 0 saturated heterocycles. The van der Waals surface area contributed by atoms with Crippen LogP contribution < -0.4 is 16.8 Å². The van der Waals surface area contributed by atoms with Gasteiger partial charge in [0.15, 0.2) is 0 Å². The molecular formula is C11H19N5O2. The number of nitrogen functional groups attached to an aromatic ring is 1. The summed E-state index contributed by atoms with van der Waals surface area (Å²) in [6.45, 7) is 4.62. The highest BCUT2D eigenvalue weighted by molar-refractivity contribution is 5.74. The van der Waals surface area contributed by atoms with E-state index in [1.54, 1.807) is 0 Å². The molecule has 0 atom stereocenters. The maximum Gasteiger partial charge on any atom is 0.243 e. The van der Waals surface area contributed by atoms with Gasteiger partial charge in [0.2, 0.25) is 5.91 Å². The van der Waals surface area contributed by atoms with Crippen LogP contribution >= 0.6 is 0 Å². The topological polar surface area (TPSA) is 116 Å². The minimum Gasteiger partial charge on any atom is -0.383 e. The first kappa shape index (κ1) is 14.2. The Bertz CT molecular complexity index is 422. The molecule has 0 unspecified atom stereocenters. The summed E-state index contributed by atoms with van der Waals surface area (Å²) in [6.07, 6.45) is 0.720. The van der Waals surface area contributed by atoms with Gasteiger partial charge in [0.1, 0.15) is 24.1 Å². The van der Waals surface area contributed by atoms with Crippen molar-refractivity contribution in [2.75, 3.05) is 30.8 Å². The molecule has 1 aromatic heterocycles. The molecular weight excluding hydrogens is 234 g/mol. The number of nitrogens with one attached hydrogen (secondary N) is 1. The van der Waals surface area contributed by atoms with Gasteiger partial charge in [0.05, 0.1) is 6.61 Å². The molecule has 1 aromatic rings. The molecule has 0 aliphatic heterocycles. The number of hydrogen-bond acceptors (Lipinski definition) is 6. The average molecular weight is 253 g/mol. The zero-order chi connectivity index (χ0) is 13.5. The van der Waals surface area contributed by atoms with E-state index in [0.29, 0.717) is 30.6 Å². The van der Waals surface area contributed by atoms with Crippen LogP contribution in [0.25, 0.3) is 0 Å². The number of amides is 1. The number of nitrogens with two attached hydrogens (primary N) is 2. The number of aromatic nitrogens is 2. The Morgan fingerprint density at radius 3 is 2.78 bits per heavy atom. The summed E-state index contributed by atoms with van der Waals surface area (Å²) < 4.78 is 5.03. The number of rotatable bonds is 7. The Labute approximate surface area is 106 Å². The van der Waals surface area contributed by atoms with Gasteiger partial charge in [-0.2, -0.15) is 0 Å². The summed E-state index contributed by atoms with van der Waals surface area (Å²) in [7, 11) is 0. The molecule has 5 N–H and O–H groups in total. The van der Waals surface area contributed by atoms with Crippen molar-refractivity contribution in [2.45, 2.75) is 20.3 Å². The first-order chi connectivity index (χ1) is 8.54. The van der Waals surface area contributed by atoms with Crippen molar-refractivity contribution in [1.82, 2.24) is 9.97 Å². The lowest BCUT2D eigenvalue weighted by molar-refractivity contribution is -0.122. The molecule has 1 amide bonds. The van der Waals surface area contributed by atoms with Gasteiger partial charge < -0.3 is 21.5 Å². The summed E-state index contributed by atoms with van der Waals surface area (Å²) in [5, 5.41) is 3.09. The van der Waals surface area contributed by atoms with E-state index in [1.165, 1.54) is 0 Å². The summed E-state index contributed by atoms with van der Waals surface area (Å²) in [5.41, 5.74) is 11.5. The molecule has 0 bridgehead atoms. The first-order valence-corrected chi connectivity index (χ1v) is 5.77. The SMILES string of the molecule is CCc1nc(N)c(C)c(NCCOCC(N)=O)n1. The van der Waals surface area contributed by atoms with E-state index >= 15 is 0 Å². The molecule has 0 aliphatic carbocycles. The van der Waals surface area contributed by atoms with Gasteiger partial charge in [-0.25, -0.2) is 9.97 Å². The van der Waals surface area contributed by atoms with Crippen molar-refractivity contribution >= 4 is 17.5 Å². The highest BCUT2D eigenvalue weighted by Crippen LogP contribution is 2.16. The third-order valence-electron chi connectivity index (χ3n) is 2.33. The van der Waals surface area contributed by atoms with Crippen molar-refractivity contribution in [1.29, 1.82) is 0 Å². The summed E-state index contributed by atoms with van der Waals surface area (Å²) in [5.74, 6) is 1.38. The second-order valence-corrected chi connectivity index (χ2v) is 3.80. The van der Waals surface area contributed by atoms with E-state index in [4.69, 9.17) is 16.2 Å². The zero-order valence-electron chi connectivity index (χ0n) is 10.7. The molecule has 18 heavy (non-hydrogen) atoms. The maximum atomic E-state index is 10.5. The Balaban J connectivity index is 2.51. The number of anilines is 2. The van der Waals surface area contributed by atoms with Crippen LogP contribution in [-0.2, 0) is 16.0 Å². The zero-order valence-corrected chi connectivity index (χ0v) is 10.7. The lowest BCUT2D eigenvalue weighted by atomic mass is 10.3. The standard InChI is InChI=1S/C11H19N5O2/c1-3-9-15-10(13)7(2)11(16-9)14-4-5-18-6-8(12)17/h3-6H2,1-2H3,(H2,12,17)(H3,13,14,15,16). The predicted molar refractivity (Wildman–Crippen MR) is 69.1 cm³/mol. The second kappa shape index (κ2) is 6.75. The number of carbonyl (C=O) groups excluding carboxylic acids is 1. The maximum absolute atomic E-state index is 10.5. The van der Waals surface area contributed by atoms with Crippen LogP contribution in [0, 0.1) is 6.92 Å². The molecule has 0 spiro atoms. The summed E-state index contributed by atoms with van der Waals surface area (Å²) >= 11 is 0. The third kappa shape index (κ3) is 4.17. The summed E-state index contributed by atoms with van der Waals surface area (Å²) in [4.78, 5) is 18.9. The molecule has 1 heterocycles. The lowest BCUT2D eigenvalue weighted by Gasteiger charge is -2.11. The van der Waals surface area contributed by atoms with Crippen molar-refractivity contribution in [3.8, 4) is 0 Å². The Hall–Kier alpha value is -1.89. The lowest BCUT2D eigenvalue weighted by Crippen LogP contribution is -2.21. The van der Waals surface area contributed by atoms with Gasteiger partial charge in [-0.15, -0.1) is 0 Å². The van der Waals surface area contributed by atoms with Gasteiger partial charge >= 0.3 is 0 Å². The quantitative estimate of drug-likeness (QED) is 0.581. The Kier molecular flexibility index (Phi) is 5.31. The smallest absolute Gasteiger partial charge is 0.243 e. The van der Waals surface area contributed by atoms with E-state index in [-0.39, 0.29) is 6.61 Å². The Morgan fingerprint density at radius 1 is 1.44 bits per heavy atom. The van der Waals surface area contributed by atoms with Crippen molar-refractivity contribution in [3.63, 3.8) is 0 Å². The van der Waals surface area contributed by atoms with Crippen LogP contribution in [0.1, 0.15) is 18.3 Å². The molecule has 7 heteroatoms. The van der Waals surface area contributed by atoms with Gasteiger partial charge in [0.25, 0.3) is 0 Å². The third-order valence-corrected chi connectivity index (χ3v) is 2.33. The van der Waals surface area contributed by atoms with E-state index in [2.05, 4.69) is 15.3 Å². The number of primary amides is 1. The van der Waals surface area contributed by atoms with Crippen LogP contribution in [0.5, 0.6) is 0 Å². The van der Waals surface area contributed by atoms with Crippen LogP contribution in [0.15, 0.2) is 0 Å². The van der Waals surface area contributed by atoms with Crippen LogP contribution in [0.2, 0.25) is 0 Å². The van der Waals surface area contributed by atoms with Crippen LogP contribution in [0.4, 0.5) is 11.6 Å². The fraction of sp³-hybridized carbons (Fsp3) is 0.545. The highest BCUT2D eigenvalue weighted by Gasteiger charge is 2.07. The predicted octanol–water partition coefficient (Wildman–Crippen LogP) is -0.157. The molecule has 7 nitrogen and oxygen atoms in total. The number of carbonyl (C=O) groups is 1. The first-order valence-electron chi connectivity index (χ1n) is 5.77. The normalized spacial score (nSPS) is 10.3. The van der Waals surface area contributed by atoms with Crippen LogP contribution in [0.3, 0.4) is 0 Å². The fourth-order valence-corrected chi connectivity index (χ4v) is 1.33. The molecule has 0 aliphatic rings. The van der Waals surface area contributed by atoms with E-state index in [0.717, 1.165) is 12.0 Å².